The number of aromatic nitrogens is 4. The van der Waals surface area contributed by atoms with Crippen molar-refractivity contribution in [1.82, 2.24) is 19.3 Å². The van der Waals surface area contributed by atoms with E-state index in [0.717, 1.165) is 29.9 Å². The van der Waals surface area contributed by atoms with Gasteiger partial charge in [-0.2, -0.15) is 5.10 Å². The maximum Gasteiger partial charge on any atom is 0.127 e. The maximum absolute atomic E-state index is 6.30. The number of hydrogen-bond donors (Lipinski definition) is 0. The Kier molecular flexibility index (Phi) is 3.72. The normalized spacial score (nSPS) is 13.0. The molecule has 21 heavy (non-hydrogen) atoms. The zero-order valence-corrected chi connectivity index (χ0v) is 13.3. The van der Waals surface area contributed by atoms with Crippen LogP contribution < -0.4 is 0 Å². The molecule has 110 valence electrons. The molecule has 0 N–H and O–H groups in total. The summed E-state index contributed by atoms with van der Waals surface area (Å²) in [7, 11) is 0. The van der Waals surface area contributed by atoms with Gasteiger partial charge >= 0.3 is 0 Å². The van der Waals surface area contributed by atoms with Gasteiger partial charge in [0.25, 0.3) is 0 Å². The van der Waals surface area contributed by atoms with Gasteiger partial charge in [-0.1, -0.05) is 6.07 Å². The molecule has 5 heteroatoms. The van der Waals surface area contributed by atoms with Gasteiger partial charge in [0.1, 0.15) is 5.82 Å². The third-order valence-electron chi connectivity index (χ3n) is 3.60. The second-order valence-corrected chi connectivity index (χ2v) is 6.17. The van der Waals surface area contributed by atoms with Gasteiger partial charge in [-0.25, -0.2) is 4.98 Å². The Morgan fingerprint density at radius 3 is 2.67 bits per heavy atom. The van der Waals surface area contributed by atoms with Gasteiger partial charge in [-0.15, -0.1) is 11.6 Å². The predicted octanol–water partition coefficient (Wildman–Crippen LogP) is 3.85. The van der Waals surface area contributed by atoms with Crippen molar-refractivity contribution in [3.8, 4) is 0 Å². The Bertz CT molecular complexity index is 770. The molecule has 1 unspecified atom stereocenters. The average molecular weight is 303 g/mol. The van der Waals surface area contributed by atoms with Crippen LogP contribution in [0.5, 0.6) is 0 Å². The highest BCUT2D eigenvalue weighted by molar-refractivity contribution is 6.20. The molecular formula is C16H19ClN4. The third kappa shape index (κ3) is 2.81. The Hall–Kier alpha value is -1.81. The first-order chi connectivity index (χ1) is 10.0. The summed E-state index contributed by atoms with van der Waals surface area (Å²) in [4.78, 5) is 4.69. The molecule has 1 aromatic carbocycles. The zero-order chi connectivity index (χ0) is 15.0. The zero-order valence-electron chi connectivity index (χ0n) is 12.5. The number of halogens is 1. The Labute approximate surface area is 129 Å². The molecule has 0 bridgehead atoms. The number of alkyl halides is 1. The van der Waals surface area contributed by atoms with Crippen molar-refractivity contribution in [3.05, 3.63) is 47.5 Å². The highest BCUT2D eigenvalue weighted by Gasteiger charge is 2.14. The molecule has 0 spiro atoms. The van der Waals surface area contributed by atoms with E-state index in [1.807, 2.05) is 30.9 Å². The lowest BCUT2D eigenvalue weighted by Crippen LogP contribution is -2.11. The molecule has 0 aliphatic carbocycles. The molecule has 0 saturated carbocycles. The SMILES string of the molecule is Cc1ccc2c(c1)nc(C(C)Cl)n2CCn1cc(C)cn1. The monoisotopic (exact) mass is 302 g/mol. The van der Waals surface area contributed by atoms with Crippen LogP contribution in [-0.4, -0.2) is 19.3 Å². The molecule has 3 rings (SSSR count). The summed E-state index contributed by atoms with van der Waals surface area (Å²) in [6.07, 6.45) is 3.92. The summed E-state index contributed by atoms with van der Waals surface area (Å²) < 4.78 is 4.15. The van der Waals surface area contributed by atoms with Gasteiger partial charge < -0.3 is 4.57 Å². The van der Waals surface area contributed by atoms with Crippen molar-refractivity contribution < 1.29 is 0 Å². The fourth-order valence-electron chi connectivity index (χ4n) is 2.59. The Balaban J connectivity index is 1.97. The minimum atomic E-state index is -0.114. The molecule has 2 aromatic heterocycles. The molecule has 3 aromatic rings. The first-order valence-corrected chi connectivity index (χ1v) is 7.58. The van der Waals surface area contributed by atoms with Gasteiger partial charge in [-0.05, 0) is 44.0 Å². The topological polar surface area (TPSA) is 35.6 Å². The second kappa shape index (κ2) is 5.53. The van der Waals surface area contributed by atoms with E-state index in [4.69, 9.17) is 16.6 Å². The molecule has 2 heterocycles. The number of rotatable bonds is 4. The highest BCUT2D eigenvalue weighted by atomic mass is 35.5. The van der Waals surface area contributed by atoms with Crippen LogP contribution in [0, 0.1) is 13.8 Å². The van der Waals surface area contributed by atoms with Crippen molar-refractivity contribution in [2.24, 2.45) is 0 Å². The number of nitrogens with zero attached hydrogens (tertiary/aromatic N) is 4. The quantitative estimate of drug-likeness (QED) is 0.686. The van der Waals surface area contributed by atoms with E-state index in [1.165, 1.54) is 11.1 Å². The van der Waals surface area contributed by atoms with Crippen molar-refractivity contribution in [1.29, 1.82) is 0 Å². The van der Waals surface area contributed by atoms with Gasteiger partial charge in [0, 0.05) is 12.7 Å². The molecular weight excluding hydrogens is 284 g/mol. The minimum absolute atomic E-state index is 0.114. The highest BCUT2D eigenvalue weighted by Crippen LogP contribution is 2.25. The van der Waals surface area contributed by atoms with Gasteiger partial charge in [0.15, 0.2) is 0 Å². The van der Waals surface area contributed by atoms with Crippen molar-refractivity contribution in [3.63, 3.8) is 0 Å². The standard InChI is InChI=1S/C16H19ClN4/c1-11-4-5-15-14(8-11)19-16(13(3)17)21(15)7-6-20-10-12(2)9-18-20/h4-5,8-10,13H,6-7H2,1-3H3. The largest absolute Gasteiger partial charge is 0.325 e. The molecule has 1 atom stereocenters. The summed E-state index contributed by atoms with van der Waals surface area (Å²) in [5.74, 6) is 0.918. The summed E-state index contributed by atoms with van der Waals surface area (Å²) in [5, 5.41) is 4.22. The van der Waals surface area contributed by atoms with Gasteiger partial charge in [-0.3, -0.25) is 4.68 Å². The lowest BCUT2D eigenvalue weighted by Gasteiger charge is -2.10. The number of imidazole rings is 1. The molecule has 0 amide bonds. The van der Waals surface area contributed by atoms with Crippen molar-refractivity contribution >= 4 is 22.6 Å². The second-order valence-electron chi connectivity index (χ2n) is 5.51. The predicted molar refractivity (Wildman–Crippen MR) is 85.7 cm³/mol. The number of benzene rings is 1. The minimum Gasteiger partial charge on any atom is -0.325 e. The van der Waals surface area contributed by atoms with Crippen molar-refractivity contribution in [2.75, 3.05) is 0 Å². The molecule has 0 saturated heterocycles. The molecule has 0 radical (unpaired) electrons. The number of fused-ring (bicyclic) bond motifs is 1. The van der Waals surface area contributed by atoms with E-state index in [9.17, 15) is 0 Å². The van der Waals surface area contributed by atoms with Gasteiger partial charge in [0.2, 0.25) is 0 Å². The van der Waals surface area contributed by atoms with Crippen LogP contribution in [0.2, 0.25) is 0 Å². The average Bonchev–Trinajstić information content (AvgIpc) is 2.99. The third-order valence-corrected chi connectivity index (χ3v) is 3.80. The van der Waals surface area contributed by atoms with E-state index in [0.29, 0.717) is 0 Å². The summed E-state index contributed by atoms with van der Waals surface area (Å²) >= 11 is 6.30. The maximum atomic E-state index is 6.30. The van der Waals surface area contributed by atoms with E-state index in [2.05, 4.69) is 34.8 Å². The number of aryl methyl sites for hydroxylation is 4. The molecule has 0 aliphatic rings. The van der Waals surface area contributed by atoms with Crippen LogP contribution in [0.1, 0.15) is 29.3 Å². The van der Waals surface area contributed by atoms with Crippen LogP contribution in [0.15, 0.2) is 30.6 Å². The van der Waals surface area contributed by atoms with E-state index >= 15 is 0 Å². The van der Waals surface area contributed by atoms with Crippen LogP contribution >= 0.6 is 11.6 Å². The lowest BCUT2D eigenvalue weighted by molar-refractivity contribution is 0.528. The van der Waals surface area contributed by atoms with Crippen molar-refractivity contribution in [2.45, 2.75) is 39.2 Å². The smallest absolute Gasteiger partial charge is 0.127 e. The van der Waals surface area contributed by atoms with E-state index < -0.39 is 0 Å². The van der Waals surface area contributed by atoms with Crippen LogP contribution in [0.3, 0.4) is 0 Å². The van der Waals surface area contributed by atoms with Crippen LogP contribution in [0.25, 0.3) is 11.0 Å². The molecule has 4 nitrogen and oxygen atoms in total. The summed E-state index contributed by atoms with van der Waals surface area (Å²) in [5.41, 5.74) is 4.52. The Morgan fingerprint density at radius 1 is 1.19 bits per heavy atom. The molecule has 0 fully saturated rings. The molecule has 0 aliphatic heterocycles. The summed E-state index contributed by atoms with van der Waals surface area (Å²) in [6.45, 7) is 7.71. The van der Waals surface area contributed by atoms with E-state index in [1.54, 1.807) is 0 Å². The fourth-order valence-corrected chi connectivity index (χ4v) is 2.76. The van der Waals surface area contributed by atoms with Crippen LogP contribution in [-0.2, 0) is 13.1 Å². The van der Waals surface area contributed by atoms with Gasteiger partial charge in [0.05, 0.1) is 29.2 Å². The summed E-state index contributed by atoms with van der Waals surface area (Å²) in [6, 6.07) is 6.34. The fraction of sp³-hybridized carbons (Fsp3) is 0.375. The number of hydrogen-bond acceptors (Lipinski definition) is 2. The van der Waals surface area contributed by atoms with E-state index in [-0.39, 0.29) is 5.38 Å². The first-order valence-electron chi connectivity index (χ1n) is 7.14. The van der Waals surface area contributed by atoms with Crippen LogP contribution in [0.4, 0.5) is 0 Å². The Morgan fingerprint density at radius 2 is 2.00 bits per heavy atom. The lowest BCUT2D eigenvalue weighted by atomic mass is 10.2. The first kappa shape index (κ1) is 14.1.